The maximum Gasteiger partial charge on any atom is 0.291 e. The van der Waals surface area contributed by atoms with Gasteiger partial charge < -0.3 is 9.52 Å². The molecule has 2 heterocycles. The van der Waals surface area contributed by atoms with Crippen LogP contribution in [0.15, 0.2) is 53.1 Å². The van der Waals surface area contributed by atoms with Crippen molar-refractivity contribution in [2.45, 2.75) is 0 Å². The van der Waals surface area contributed by atoms with Gasteiger partial charge in [0, 0.05) is 5.39 Å². The Labute approximate surface area is 102 Å². The highest BCUT2D eigenvalue weighted by Crippen LogP contribution is 2.31. The molecule has 0 atom stereocenters. The number of aromatic hydroxyl groups is 1. The summed E-state index contributed by atoms with van der Waals surface area (Å²) in [5, 5.41) is 13.6. The Morgan fingerprint density at radius 2 is 1.78 bits per heavy atom. The van der Waals surface area contributed by atoms with Crippen LogP contribution in [-0.4, -0.2) is 10.1 Å². The zero-order valence-electron chi connectivity index (χ0n) is 9.42. The molecule has 4 rings (SSSR count). The summed E-state index contributed by atoms with van der Waals surface area (Å²) >= 11 is 0. The molecule has 1 N–H and O–H groups in total. The molecule has 2 aromatic carbocycles. The van der Waals surface area contributed by atoms with Gasteiger partial charge in [0.2, 0.25) is 0 Å². The average molecular weight is 235 g/mol. The van der Waals surface area contributed by atoms with E-state index < -0.39 is 0 Å². The van der Waals surface area contributed by atoms with Crippen molar-refractivity contribution in [2.75, 3.05) is 0 Å². The van der Waals surface area contributed by atoms with Crippen LogP contribution in [0.3, 0.4) is 0 Å². The number of nitrogens with zero attached hydrogens (tertiary/aromatic N) is 1. The molecule has 86 valence electrons. The average Bonchev–Trinajstić information content (AvgIpc) is 2.78. The van der Waals surface area contributed by atoms with E-state index in [1.807, 2.05) is 24.3 Å². The first-order valence-corrected chi connectivity index (χ1v) is 5.71. The van der Waals surface area contributed by atoms with Gasteiger partial charge in [-0.1, -0.05) is 30.3 Å². The molecule has 0 bridgehead atoms. The number of fused-ring (bicyclic) bond motifs is 4. The van der Waals surface area contributed by atoms with Crippen LogP contribution in [0.5, 0.6) is 5.95 Å². The molecule has 0 unspecified atom stereocenters. The van der Waals surface area contributed by atoms with Crippen LogP contribution in [0, 0.1) is 0 Å². The number of hydrogen-bond acceptors (Lipinski definition) is 3. The van der Waals surface area contributed by atoms with Crippen LogP contribution in [0.4, 0.5) is 0 Å². The summed E-state index contributed by atoms with van der Waals surface area (Å²) in [7, 11) is 0. The van der Waals surface area contributed by atoms with Crippen molar-refractivity contribution in [1.29, 1.82) is 0 Å². The van der Waals surface area contributed by atoms with E-state index in [0.29, 0.717) is 10.9 Å². The van der Waals surface area contributed by atoms with E-state index >= 15 is 0 Å². The van der Waals surface area contributed by atoms with Crippen molar-refractivity contribution in [1.82, 2.24) is 4.98 Å². The standard InChI is InChI=1S/C15H9NO2/c17-15-12-7-11-10-4-2-1-3-9(10)5-6-13(11)16-14(12)8-18-15/h1-8,17H. The van der Waals surface area contributed by atoms with Crippen molar-refractivity contribution < 1.29 is 9.52 Å². The van der Waals surface area contributed by atoms with Crippen molar-refractivity contribution in [3.8, 4) is 5.95 Å². The normalized spacial score (nSPS) is 11.6. The lowest BCUT2D eigenvalue weighted by molar-refractivity contribution is 0.338. The van der Waals surface area contributed by atoms with Gasteiger partial charge in [-0.05, 0) is 22.9 Å². The zero-order chi connectivity index (χ0) is 12.1. The molecule has 0 saturated heterocycles. The summed E-state index contributed by atoms with van der Waals surface area (Å²) in [6.45, 7) is 0. The minimum atomic E-state index is -0.0765. The second-order valence-corrected chi connectivity index (χ2v) is 4.32. The lowest BCUT2D eigenvalue weighted by Crippen LogP contribution is -1.81. The third kappa shape index (κ3) is 1.16. The fraction of sp³-hybridized carbons (Fsp3) is 0. The molecule has 4 aromatic rings. The second kappa shape index (κ2) is 3.23. The van der Waals surface area contributed by atoms with E-state index in [1.165, 1.54) is 6.26 Å². The monoisotopic (exact) mass is 235 g/mol. The third-order valence-corrected chi connectivity index (χ3v) is 3.27. The van der Waals surface area contributed by atoms with Crippen LogP contribution in [0.1, 0.15) is 0 Å². The third-order valence-electron chi connectivity index (χ3n) is 3.27. The molecule has 3 heteroatoms. The van der Waals surface area contributed by atoms with E-state index in [-0.39, 0.29) is 5.95 Å². The Hall–Kier alpha value is -2.55. The van der Waals surface area contributed by atoms with Gasteiger partial charge in [0.25, 0.3) is 5.95 Å². The Kier molecular flexibility index (Phi) is 1.70. The lowest BCUT2D eigenvalue weighted by Gasteiger charge is -2.03. The van der Waals surface area contributed by atoms with Gasteiger partial charge in [-0.25, -0.2) is 4.98 Å². The van der Waals surface area contributed by atoms with Gasteiger partial charge in [0.15, 0.2) is 0 Å². The number of pyridine rings is 1. The van der Waals surface area contributed by atoms with Crippen molar-refractivity contribution in [2.24, 2.45) is 0 Å². The van der Waals surface area contributed by atoms with Gasteiger partial charge in [0.05, 0.1) is 10.9 Å². The topological polar surface area (TPSA) is 46.3 Å². The largest absolute Gasteiger partial charge is 0.480 e. The highest BCUT2D eigenvalue weighted by atomic mass is 16.5. The number of benzene rings is 2. The molecule has 2 aromatic heterocycles. The predicted molar refractivity (Wildman–Crippen MR) is 70.7 cm³/mol. The summed E-state index contributed by atoms with van der Waals surface area (Å²) in [6, 6.07) is 14.1. The Bertz CT molecular complexity index is 893. The minimum absolute atomic E-state index is 0.0765. The number of furan rings is 1. The van der Waals surface area contributed by atoms with E-state index in [4.69, 9.17) is 4.42 Å². The predicted octanol–water partition coefficient (Wildman–Crippen LogP) is 3.84. The molecule has 0 spiro atoms. The summed E-state index contributed by atoms with van der Waals surface area (Å²) in [4.78, 5) is 4.49. The molecule has 0 amide bonds. The van der Waals surface area contributed by atoms with E-state index in [1.54, 1.807) is 0 Å². The summed E-state index contributed by atoms with van der Waals surface area (Å²) in [5.74, 6) is -0.0765. The van der Waals surface area contributed by atoms with Crippen LogP contribution in [0.2, 0.25) is 0 Å². The fourth-order valence-corrected chi connectivity index (χ4v) is 2.38. The smallest absolute Gasteiger partial charge is 0.291 e. The van der Waals surface area contributed by atoms with Crippen LogP contribution in [-0.2, 0) is 0 Å². The van der Waals surface area contributed by atoms with Crippen LogP contribution in [0.25, 0.3) is 32.6 Å². The van der Waals surface area contributed by atoms with Gasteiger partial charge >= 0.3 is 0 Å². The zero-order valence-corrected chi connectivity index (χ0v) is 9.42. The Morgan fingerprint density at radius 3 is 2.72 bits per heavy atom. The van der Waals surface area contributed by atoms with E-state index in [0.717, 1.165) is 21.7 Å². The first-order chi connectivity index (χ1) is 8.83. The minimum Gasteiger partial charge on any atom is -0.480 e. The highest BCUT2D eigenvalue weighted by molar-refractivity contribution is 6.09. The lowest BCUT2D eigenvalue weighted by atomic mass is 10.0. The molecular formula is C15H9NO2. The molecule has 0 saturated carbocycles. The number of hydrogen-bond donors (Lipinski definition) is 1. The first kappa shape index (κ1) is 9.48. The SMILES string of the molecule is Oc1occ2nc3ccc4ccccc4c3cc12. The van der Waals surface area contributed by atoms with Crippen molar-refractivity contribution in [3.05, 3.63) is 48.7 Å². The Balaban J connectivity index is 2.29. The molecule has 0 aliphatic heterocycles. The quantitative estimate of drug-likeness (QED) is 0.471. The van der Waals surface area contributed by atoms with Gasteiger partial charge in [-0.2, -0.15) is 0 Å². The second-order valence-electron chi connectivity index (χ2n) is 4.32. The first-order valence-electron chi connectivity index (χ1n) is 5.71. The van der Waals surface area contributed by atoms with Gasteiger partial charge in [-0.15, -0.1) is 0 Å². The highest BCUT2D eigenvalue weighted by Gasteiger charge is 2.09. The van der Waals surface area contributed by atoms with E-state index in [9.17, 15) is 5.11 Å². The molecular weight excluding hydrogens is 226 g/mol. The van der Waals surface area contributed by atoms with Crippen molar-refractivity contribution in [3.63, 3.8) is 0 Å². The molecule has 18 heavy (non-hydrogen) atoms. The maximum atomic E-state index is 9.64. The molecule has 0 radical (unpaired) electrons. The summed E-state index contributed by atoms with van der Waals surface area (Å²) in [5.41, 5.74) is 1.58. The van der Waals surface area contributed by atoms with Gasteiger partial charge in [-0.3, -0.25) is 0 Å². The fourth-order valence-electron chi connectivity index (χ4n) is 2.38. The molecule has 3 nitrogen and oxygen atoms in total. The summed E-state index contributed by atoms with van der Waals surface area (Å²) in [6.07, 6.45) is 1.47. The molecule has 0 aliphatic rings. The van der Waals surface area contributed by atoms with Crippen molar-refractivity contribution >= 4 is 32.6 Å². The number of aromatic nitrogens is 1. The van der Waals surface area contributed by atoms with Crippen LogP contribution >= 0.6 is 0 Å². The van der Waals surface area contributed by atoms with Gasteiger partial charge in [0.1, 0.15) is 11.8 Å². The molecule has 0 aliphatic carbocycles. The van der Waals surface area contributed by atoms with Crippen LogP contribution < -0.4 is 0 Å². The maximum absolute atomic E-state index is 9.64. The Morgan fingerprint density at radius 1 is 0.889 bits per heavy atom. The number of rotatable bonds is 0. The van der Waals surface area contributed by atoms with E-state index in [2.05, 4.69) is 23.2 Å². The molecule has 0 fully saturated rings. The summed E-state index contributed by atoms with van der Waals surface area (Å²) < 4.78 is 4.99.